The first-order chi connectivity index (χ1) is 9.57. The number of aromatic nitrogens is 2. The van der Waals surface area contributed by atoms with E-state index in [1.807, 2.05) is 13.2 Å². The van der Waals surface area contributed by atoms with Gasteiger partial charge in [-0.2, -0.15) is 5.10 Å². The minimum atomic E-state index is -0.734. The molecule has 6 heteroatoms. The summed E-state index contributed by atoms with van der Waals surface area (Å²) in [5.41, 5.74) is 0.220. The lowest BCUT2D eigenvalue weighted by atomic mass is 9.95. The van der Waals surface area contributed by atoms with Crippen molar-refractivity contribution in [2.45, 2.75) is 50.7 Å². The number of urea groups is 1. The Morgan fingerprint density at radius 1 is 1.35 bits per heavy atom. The molecule has 2 rings (SSSR count). The van der Waals surface area contributed by atoms with Gasteiger partial charge >= 0.3 is 6.03 Å². The van der Waals surface area contributed by atoms with Gasteiger partial charge in [-0.1, -0.05) is 25.7 Å². The second-order valence-electron chi connectivity index (χ2n) is 5.70. The molecule has 0 unspecified atom stereocenters. The molecule has 0 aromatic carbocycles. The maximum atomic E-state index is 11.7. The fraction of sp³-hybridized carbons (Fsp3) is 0.714. The fourth-order valence-corrected chi connectivity index (χ4v) is 2.62. The largest absolute Gasteiger partial charge is 0.388 e. The number of nitrogens with one attached hydrogen (secondary N) is 2. The molecule has 3 N–H and O–H groups in total. The number of carbonyl (C=O) groups excluding carboxylic acids is 1. The van der Waals surface area contributed by atoms with Gasteiger partial charge in [0, 0.05) is 31.9 Å². The Morgan fingerprint density at radius 3 is 2.65 bits per heavy atom. The Labute approximate surface area is 119 Å². The second-order valence-corrected chi connectivity index (χ2v) is 5.70. The van der Waals surface area contributed by atoms with Gasteiger partial charge in [0.05, 0.1) is 11.8 Å². The molecule has 0 radical (unpaired) electrons. The van der Waals surface area contributed by atoms with E-state index in [-0.39, 0.29) is 6.03 Å². The number of aryl methyl sites for hydroxylation is 1. The molecule has 1 aliphatic rings. The van der Waals surface area contributed by atoms with Gasteiger partial charge in [-0.05, 0) is 12.8 Å². The lowest BCUT2D eigenvalue weighted by Gasteiger charge is -2.26. The van der Waals surface area contributed by atoms with Crippen LogP contribution in [0.5, 0.6) is 0 Å². The summed E-state index contributed by atoms with van der Waals surface area (Å²) in [4.78, 5) is 11.7. The van der Waals surface area contributed by atoms with Gasteiger partial charge < -0.3 is 15.7 Å². The summed E-state index contributed by atoms with van der Waals surface area (Å²) in [6.07, 6.45) is 9.56. The molecule has 0 atom stereocenters. The van der Waals surface area contributed by atoms with Crippen LogP contribution in [0, 0.1) is 0 Å². The Hall–Kier alpha value is -1.56. The normalized spacial score (nSPS) is 18.3. The van der Waals surface area contributed by atoms with E-state index in [4.69, 9.17) is 0 Å². The smallest absolute Gasteiger partial charge is 0.315 e. The summed E-state index contributed by atoms with van der Waals surface area (Å²) in [7, 11) is 1.84. The molecular formula is C14H24N4O2. The van der Waals surface area contributed by atoms with Gasteiger partial charge in [0.2, 0.25) is 0 Å². The third-order valence-corrected chi connectivity index (χ3v) is 3.82. The predicted molar refractivity (Wildman–Crippen MR) is 76.1 cm³/mol. The Bertz CT molecular complexity index is 436. The predicted octanol–water partition coefficient (Wildman–Crippen LogP) is 1.30. The number of hydrogen-bond acceptors (Lipinski definition) is 3. The number of aliphatic hydroxyl groups is 1. The van der Waals surface area contributed by atoms with Crippen LogP contribution >= 0.6 is 0 Å². The molecule has 20 heavy (non-hydrogen) atoms. The van der Waals surface area contributed by atoms with E-state index < -0.39 is 5.60 Å². The van der Waals surface area contributed by atoms with E-state index in [9.17, 15) is 9.90 Å². The fourth-order valence-electron chi connectivity index (χ4n) is 2.62. The molecule has 0 saturated heterocycles. The summed E-state index contributed by atoms with van der Waals surface area (Å²) >= 11 is 0. The van der Waals surface area contributed by atoms with Crippen LogP contribution in [0.15, 0.2) is 12.4 Å². The van der Waals surface area contributed by atoms with Crippen LogP contribution in [0.3, 0.4) is 0 Å². The zero-order valence-corrected chi connectivity index (χ0v) is 12.1. The van der Waals surface area contributed by atoms with Crippen molar-refractivity contribution < 1.29 is 9.90 Å². The van der Waals surface area contributed by atoms with E-state index in [2.05, 4.69) is 15.7 Å². The van der Waals surface area contributed by atoms with E-state index >= 15 is 0 Å². The maximum Gasteiger partial charge on any atom is 0.315 e. The highest BCUT2D eigenvalue weighted by molar-refractivity contribution is 5.73. The number of hydrogen-bond donors (Lipinski definition) is 3. The lowest BCUT2D eigenvalue weighted by molar-refractivity contribution is 0.0277. The average molecular weight is 280 g/mol. The molecule has 6 nitrogen and oxygen atoms in total. The van der Waals surface area contributed by atoms with Crippen molar-refractivity contribution in [3.63, 3.8) is 0 Å². The van der Waals surface area contributed by atoms with Crippen LogP contribution in [0.25, 0.3) is 0 Å². The number of rotatable bonds is 4. The van der Waals surface area contributed by atoms with Crippen molar-refractivity contribution in [2.24, 2.45) is 7.05 Å². The monoisotopic (exact) mass is 280 g/mol. The van der Waals surface area contributed by atoms with E-state index in [0.717, 1.165) is 31.2 Å². The molecule has 1 aliphatic carbocycles. The second kappa shape index (κ2) is 6.74. The van der Waals surface area contributed by atoms with Crippen LogP contribution < -0.4 is 10.6 Å². The van der Waals surface area contributed by atoms with Crippen LogP contribution in [-0.4, -0.2) is 33.1 Å². The van der Waals surface area contributed by atoms with Crippen molar-refractivity contribution >= 4 is 6.03 Å². The van der Waals surface area contributed by atoms with Crippen molar-refractivity contribution in [1.82, 2.24) is 20.4 Å². The first-order valence-electron chi connectivity index (χ1n) is 7.29. The van der Waals surface area contributed by atoms with E-state index in [1.165, 1.54) is 12.8 Å². The third-order valence-electron chi connectivity index (χ3n) is 3.82. The molecule has 1 heterocycles. The zero-order chi connectivity index (χ0) is 14.4. The standard InChI is InChI=1S/C14H24N4O2/c1-18-10-12(9-17-18)8-15-13(19)16-11-14(20)6-4-2-3-5-7-14/h9-10,20H,2-8,11H2,1H3,(H2,15,16,19). The molecule has 1 aromatic rings. The van der Waals surface area contributed by atoms with Gasteiger partial charge in [0.25, 0.3) is 0 Å². The summed E-state index contributed by atoms with van der Waals surface area (Å²) in [6, 6.07) is -0.244. The third kappa shape index (κ3) is 4.52. The molecular weight excluding hydrogens is 256 g/mol. The lowest BCUT2D eigenvalue weighted by Crippen LogP contribution is -2.46. The van der Waals surface area contributed by atoms with Crippen molar-refractivity contribution in [2.75, 3.05) is 6.54 Å². The first-order valence-corrected chi connectivity index (χ1v) is 7.29. The van der Waals surface area contributed by atoms with Crippen LogP contribution in [0.1, 0.15) is 44.1 Å². The summed E-state index contributed by atoms with van der Waals surface area (Å²) in [5, 5.41) is 20.0. The molecule has 1 saturated carbocycles. The topological polar surface area (TPSA) is 79.2 Å². The van der Waals surface area contributed by atoms with E-state index in [1.54, 1.807) is 10.9 Å². The number of carbonyl (C=O) groups is 1. The van der Waals surface area contributed by atoms with Gasteiger partial charge in [-0.3, -0.25) is 4.68 Å². The SMILES string of the molecule is Cn1cc(CNC(=O)NCC2(O)CCCCCC2)cn1. The van der Waals surface area contributed by atoms with Gasteiger partial charge in [0.15, 0.2) is 0 Å². The van der Waals surface area contributed by atoms with Gasteiger partial charge in [-0.25, -0.2) is 4.79 Å². The van der Waals surface area contributed by atoms with Crippen molar-refractivity contribution in [1.29, 1.82) is 0 Å². The molecule has 0 spiro atoms. The summed E-state index contributed by atoms with van der Waals surface area (Å²) in [5.74, 6) is 0. The highest BCUT2D eigenvalue weighted by Crippen LogP contribution is 2.26. The number of amides is 2. The first kappa shape index (κ1) is 14.8. The summed E-state index contributed by atoms with van der Waals surface area (Å²) < 4.78 is 1.70. The molecule has 2 amide bonds. The minimum absolute atomic E-state index is 0.244. The zero-order valence-electron chi connectivity index (χ0n) is 12.1. The Kier molecular flexibility index (Phi) is 5.00. The van der Waals surface area contributed by atoms with Gasteiger partial charge in [-0.15, -0.1) is 0 Å². The van der Waals surface area contributed by atoms with E-state index in [0.29, 0.717) is 13.1 Å². The quantitative estimate of drug-likeness (QED) is 0.727. The molecule has 112 valence electrons. The molecule has 0 aliphatic heterocycles. The van der Waals surface area contributed by atoms with Crippen LogP contribution in [-0.2, 0) is 13.6 Å². The average Bonchev–Trinajstić information content (AvgIpc) is 2.71. The Balaban J connectivity index is 1.71. The highest BCUT2D eigenvalue weighted by Gasteiger charge is 2.28. The Morgan fingerprint density at radius 2 is 2.05 bits per heavy atom. The number of nitrogens with zero attached hydrogens (tertiary/aromatic N) is 2. The van der Waals surface area contributed by atoms with Gasteiger partial charge in [0.1, 0.15) is 0 Å². The molecule has 1 aromatic heterocycles. The molecule has 0 bridgehead atoms. The van der Waals surface area contributed by atoms with Crippen molar-refractivity contribution in [3.8, 4) is 0 Å². The summed E-state index contributed by atoms with van der Waals surface area (Å²) in [6.45, 7) is 0.768. The van der Waals surface area contributed by atoms with Crippen LogP contribution in [0.2, 0.25) is 0 Å². The minimum Gasteiger partial charge on any atom is -0.388 e. The maximum absolute atomic E-state index is 11.7. The molecule has 1 fully saturated rings. The van der Waals surface area contributed by atoms with Crippen molar-refractivity contribution in [3.05, 3.63) is 18.0 Å². The highest BCUT2D eigenvalue weighted by atomic mass is 16.3. The van der Waals surface area contributed by atoms with Crippen LogP contribution in [0.4, 0.5) is 4.79 Å².